The molecule has 4 aliphatic rings. The summed E-state index contributed by atoms with van der Waals surface area (Å²) in [6.45, 7) is 6.80. The van der Waals surface area contributed by atoms with Crippen LogP contribution in [0.15, 0.2) is 0 Å². The van der Waals surface area contributed by atoms with Crippen molar-refractivity contribution in [3.63, 3.8) is 0 Å². The standard InChI is InChI=1S/C22H35BrO2/c1-14(24)17-6-7-18-16-5-4-15-12-22(25,13-23)11-10-20(15,2)19(16)8-9-21(17,18)3/h15-19,25H,4-13H2,1-3H3/t15?,16-,17+,18-,19-,20-,21+,22?/m0/s1. The van der Waals surface area contributed by atoms with Crippen LogP contribution in [0.25, 0.3) is 0 Å². The van der Waals surface area contributed by atoms with Crippen LogP contribution in [0.3, 0.4) is 0 Å². The molecule has 0 aromatic rings. The summed E-state index contributed by atoms with van der Waals surface area (Å²) >= 11 is 3.55. The topological polar surface area (TPSA) is 37.3 Å². The van der Waals surface area contributed by atoms with E-state index in [-0.39, 0.29) is 5.41 Å². The molecule has 8 atom stereocenters. The molecule has 0 aromatic heterocycles. The van der Waals surface area contributed by atoms with Crippen LogP contribution < -0.4 is 0 Å². The summed E-state index contributed by atoms with van der Waals surface area (Å²) in [7, 11) is 0. The molecule has 2 nitrogen and oxygen atoms in total. The maximum atomic E-state index is 12.2. The van der Waals surface area contributed by atoms with E-state index in [2.05, 4.69) is 29.8 Å². The van der Waals surface area contributed by atoms with Crippen molar-refractivity contribution >= 4 is 21.7 Å². The van der Waals surface area contributed by atoms with Crippen molar-refractivity contribution < 1.29 is 9.90 Å². The molecule has 0 spiro atoms. The fourth-order valence-electron chi connectivity index (χ4n) is 8.11. The highest BCUT2D eigenvalue weighted by molar-refractivity contribution is 9.09. The van der Waals surface area contributed by atoms with Crippen molar-refractivity contribution in [1.29, 1.82) is 0 Å². The van der Waals surface area contributed by atoms with Gasteiger partial charge in [0, 0.05) is 11.2 Å². The molecule has 25 heavy (non-hydrogen) atoms. The molecule has 1 N–H and O–H groups in total. The van der Waals surface area contributed by atoms with E-state index >= 15 is 0 Å². The summed E-state index contributed by atoms with van der Waals surface area (Å²) in [6, 6.07) is 0. The van der Waals surface area contributed by atoms with Crippen LogP contribution in [0.5, 0.6) is 0 Å². The Hall–Kier alpha value is 0.110. The molecule has 4 fully saturated rings. The van der Waals surface area contributed by atoms with Crippen LogP contribution in [-0.4, -0.2) is 21.8 Å². The van der Waals surface area contributed by atoms with E-state index in [0.717, 1.165) is 42.3 Å². The lowest BCUT2D eigenvalue weighted by Gasteiger charge is -2.62. The van der Waals surface area contributed by atoms with Gasteiger partial charge in [0.2, 0.25) is 0 Å². The molecular formula is C22H35BrO2. The lowest BCUT2D eigenvalue weighted by Crippen LogP contribution is -2.56. The number of rotatable bonds is 2. The highest BCUT2D eigenvalue weighted by atomic mass is 79.9. The lowest BCUT2D eigenvalue weighted by atomic mass is 9.44. The van der Waals surface area contributed by atoms with Crippen LogP contribution in [0.1, 0.15) is 78.6 Å². The molecule has 3 heteroatoms. The van der Waals surface area contributed by atoms with Crippen molar-refractivity contribution in [1.82, 2.24) is 0 Å². The number of ketones is 1. The third-order valence-corrected chi connectivity index (χ3v) is 10.6. The number of hydrogen-bond acceptors (Lipinski definition) is 2. The van der Waals surface area contributed by atoms with Gasteiger partial charge in [-0.25, -0.2) is 0 Å². The minimum atomic E-state index is -0.479. The van der Waals surface area contributed by atoms with Crippen LogP contribution in [0.4, 0.5) is 0 Å². The number of aliphatic hydroxyl groups is 1. The maximum absolute atomic E-state index is 12.2. The minimum absolute atomic E-state index is 0.265. The van der Waals surface area contributed by atoms with E-state index in [9.17, 15) is 9.90 Å². The van der Waals surface area contributed by atoms with Crippen molar-refractivity contribution in [3.05, 3.63) is 0 Å². The normalized spacial score (nSPS) is 55.2. The van der Waals surface area contributed by atoms with E-state index in [4.69, 9.17) is 0 Å². The summed E-state index contributed by atoms with van der Waals surface area (Å²) in [6.07, 6.45) is 10.7. The highest BCUT2D eigenvalue weighted by Gasteiger charge is 2.61. The first-order valence-electron chi connectivity index (χ1n) is 10.5. The Morgan fingerprint density at radius 3 is 2.40 bits per heavy atom. The number of Topliss-reactive ketones (excluding diaryl/α,β-unsaturated/α-hetero) is 1. The quantitative estimate of drug-likeness (QED) is 0.621. The molecule has 0 bridgehead atoms. The SMILES string of the molecule is CC(=O)[C@H]1CC[C@H]2[C@@H]3CCC4CC(O)(CBr)CC[C@]4(C)[C@H]3CC[C@]12C. The molecule has 4 saturated carbocycles. The largest absolute Gasteiger partial charge is 0.389 e. The second-order valence-electron chi connectivity index (χ2n) is 10.5. The van der Waals surface area contributed by atoms with E-state index < -0.39 is 5.60 Å². The molecule has 0 amide bonds. The van der Waals surface area contributed by atoms with Gasteiger partial charge in [0.15, 0.2) is 0 Å². The molecule has 2 unspecified atom stereocenters. The van der Waals surface area contributed by atoms with Gasteiger partial charge in [-0.2, -0.15) is 0 Å². The predicted molar refractivity (Wildman–Crippen MR) is 105 cm³/mol. The Kier molecular flexibility index (Phi) is 4.47. The van der Waals surface area contributed by atoms with Crippen LogP contribution in [0.2, 0.25) is 0 Å². The predicted octanol–water partition coefficient (Wildman–Crippen LogP) is 5.36. The Morgan fingerprint density at radius 1 is 1.00 bits per heavy atom. The van der Waals surface area contributed by atoms with Crippen molar-refractivity contribution in [2.75, 3.05) is 5.33 Å². The van der Waals surface area contributed by atoms with Gasteiger partial charge in [-0.15, -0.1) is 0 Å². The third-order valence-electron chi connectivity index (χ3n) is 9.56. The number of fused-ring (bicyclic) bond motifs is 5. The number of carbonyl (C=O) groups excluding carboxylic acids is 1. The molecular weight excluding hydrogens is 376 g/mol. The van der Waals surface area contributed by atoms with Crippen LogP contribution in [0, 0.1) is 40.4 Å². The monoisotopic (exact) mass is 410 g/mol. The lowest BCUT2D eigenvalue weighted by molar-refractivity contribution is -0.149. The van der Waals surface area contributed by atoms with Crippen molar-refractivity contribution in [2.45, 2.75) is 84.2 Å². The molecule has 4 aliphatic carbocycles. The molecule has 4 rings (SSSR count). The molecule has 0 saturated heterocycles. The molecule has 0 heterocycles. The first-order chi connectivity index (χ1) is 11.7. The van der Waals surface area contributed by atoms with Crippen LogP contribution >= 0.6 is 15.9 Å². The number of carbonyl (C=O) groups is 1. The smallest absolute Gasteiger partial charge is 0.133 e. The Morgan fingerprint density at radius 2 is 1.72 bits per heavy atom. The molecule has 0 radical (unpaired) electrons. The van der Waals surface area contributed by atoms with Gasteiger partial charge >= 0.3 is 0 Å². The maximum Gasteiger partial charge on any atom is 0.133 e. The van der Waals surface area contributed by atoms with Crippen molar-refractivity contribution in [3.8, 4) is 0 Å². The van der Waals surface area contributed by atoms with Crippen molar-refractivity contribution in [2.24, 2.45) is 40.4 Å². The zero-order valence-electron chi connectivity index (χ0n) is 16.2. The average molecular weight is 411 g/mol. The van der Waals surface area contributed by atoms with E-state index in [1.54, 1.807) is 0 Å². The summed E-state index contributed by atoms with van der Waals surface area (Å²) in [5.74, 6) is 3.82. The summed E-state index contributed by atoms with van der Waals surface area (Å²) in [4.78, 5) is 12.2. The van der Waals surface area contributed by atoms with Gasteiger partial charge in [0.1, 0.15) is 5.78 Å². The first kappa shape index (κ1) is 18.5. The fraction of sp³-hybridized carbons (Fsp3) is 0.955. The molecule has 0 aliphatic heterocycles. The second kappa shape index (κ2) is 6.06. The van der Waals surface area contributed by atoms with E-state index in [1.807, 2.05) is 6.92 Å². The number of hydrogen-bond donors (Lipinski definition) is 1. The first-order valence-corrected chi connectivity index (χ1v) is 11.6. The number of alkyl halides is 1. The summed E-state index contributed by atoms with van der Waals surface area (Å²) in [5.41, 5.74) is 0.196. The Bertz CT molecular complexity index is 562. The zero-order chi connectivity index (χ0) is 18.0. The molecule has 0 aromatic carbocycles. The zero-order valence-corrected chi connectivity index (χ0v) is 17.8. The minimum Gasteiger partial charge on any atom is -0.389 e. The van der Waals surface area contributed by atoms with Gasteiger partial charge in [0.25, 0.3) is 0 Å². The Labute approximate surface area is 161 Å². The van der Waals surface area contributed by atoms with E-state index in [1.165, 1.54) is 38.5 Å². The third kappa shape index (κ3) is 2.62. The highest BCUT2D eigenvalue weighted by Crippen LogP contribution is 2.68. The van der Waals surface area contributed by atoms with Gasteiger partial charge in [-0.1, -0.05) is 29.8 Å². The summed E-state index contributed by atoms with van der Waals surface area (Å²) in [5, 5.41) is 11.6. The van der Waals surface area contributed by atoms with Crippen LogP contribution in [-0.2, 0) is 4.79 Å². The molecule has 142 valence electrons. The van der Waals surface area contributed by atoms with E-state index in [0.29, 0.717) is 23.0 Å². The number of halogens is 1. The fourth-order valence-corrected chi connectivity index (χ4v) is 8.62. The average Bonchev–Trinajstić information content (AvgIpc) is 2.93. The summed E-state index contributed by atoms with van der Waals surface area (Å²) < 4.78 is 0. The van der Waals surface area contributed by atoms with Gasteiger partial charge in [0.05, 0.1) is 5.60 Å². The van der Waals surface area contributed by atoms with Gasteiger partial charge in [-0.05, 0) is 99.2 Å². The second-order valence-corrected chi connectivity index (χ2v) is 11.1. The Balaban J connectivity index is 1.59. The van der Waals surface area contributed by atoms with Gasteiger partial charge in [-0.3, -0.25) is 4.79 Å². The van der Waals surface area contributed by atoms with Gasteiger partial charge < -0.3 is 5.11 Å².